The molecule has 9 nitrogen and oxygen atoms in total. The molecule has 29 heavy (non-hydrogen) atoms. The molecule has 5 rings (SSSR count). The predicted molar refractivity (Wildman–Crippen MR) is 106 cm³/mol. The summed E-state index contributed by atoms with van der Waals surface area (Å²) in [5.74, 6) is 2.47. The summed E-state index contributed by atoms with van der Waals surface area (Å²) in [5, 5.41) is 12.7. The summed E-state index contributed by atoms with van der Waals surface area (Å²) < 4.78 is 7.24. The summed E-state index contributed by atoms with van der Waals surface area (Å²) >= 11 is 0. The number of aromatic amines is 1. The SMILES string of the molecule is CC1CN(Cc2ccnnc2)CC1c1nn2c(C3CCOCC3)ncc2c(=O)[nH]1. The first-order chi connectivity index (χ1) is 14.2. The molecule has 0 saturated carbocycles. The van der Waals surface area contributed by atoms with E-state index in [4.69, 9.17) is 9.84 Å². The number of hydrogen-bond acceptors (Lipinski definition) is 7. The van der Waals surface area contributed by atoms with E-state index in [1.165, 1.54) is 0 Å². The molecule has 0 aromatic carbocycles. The number of fused-ring (bicyclic) bond motifs is 1. The fourth-order valence-corrected chi connectivity index (χ4v) is 4.56. The molecular weight excluding hydrogens is 370 g/mol. The molecule has 1 N–H and O–H groups in total. The molecule has 5 heterocycles. The van der Waals surface area contributed by atoms with Crippen molar-refractivity contribution in [3.05, 3.63) is 52.2 Å². The summed E-state index contributed by atoms with van der Waals surface area (Å²) in [6, 6.07) is 1.99. The lowest BCUT2D eigenvalue weighted by atomic mass is 9.97. The molecule has 9 heteroatoms. The first kappa shape index (κ1) is 18.4. The molecule has 2 aliphatic heterocycles. The van der Waals surface area contributed by atoms with Gasteiger partial charge in [-0.2, -0.15) is 15.3 Å². The number of aromatic nitrogens is 6. The van der Waals surface area contributed by atoms with E-state index in [-0.39, 0.29) is 17.4 Å². The van der Waals surface area contributed by atoms with Gasteiger partial charge in [-0.15, -0.1) is 0 Å². The fourth-order valence-electron chi connectivity index (χ4n) is 4.56. The second-order valence-electron chi connectivity index (χ2n) is 8.17. The van der Waals surface area contributed by atoms with Crippen LogP contribution in [0.5, 0.6) is 0 Å². The van der Waals surface area contributed by atoms with Crippen LogP contribution < -0.4 is 5.56 Å². The van der Waals surface area contributed by atoms with E-state index >= 15 is 0 Å². The van der Waals surface area contributed by atoms with E-state index < -0.39 is 0 Å². The third-order valence-corrected chi connectivity index (χ3v) is 6.12. The highest BCUT2D eigenvalue weighted by Gasteiger charge is 2.33. The van der Waals surface area contributed by atoms with Crippen LogP contribution in [0, 0.1) is 5.92 Å². The molecule has 0 aliphatic carbocycles. The number of nitrogens with one attached hydrogen (secondary N) is 1. The maximum absolute atomic E-state index is 12.7. The molecule has 0 amide bonds. The van der Waals surface area contributed by atoms with Crippen molar-refractivity contribution in [3.8, 4) is 0 Å². The van der Waals surface area contributed by atoms with E-state index in [0.717, 1.165) is 62.9 Å². The Bertz CT molecular complexity index is 1040. The zero-order valence-electron chi connectivity index (χ0n) is 16.5. The quantitative estimate of drug-likeness (QED) is 0.711. The number of hydrogen-bond donors (Lipinski definition) is 1. The van der Waals surface area contributed by atoms with E-state index in [9.17, 15) is 4.79 Å². The summed E-state index contributed by atoms with van der Waals surface area (Å²) in [6.07, 6.45) is 6.99. The molecule has 2 aliphatic rings. The van der Waals surface area contributed by atoms with Gasteiger partial charge in [0, 0.05) is 50.9 Å². The molecular formula is C20H25N7O2. The number of rotatable bonds is 4. The molecule has 2 saturated heterocycles. The molecule has 0 spiro atoms. The Balaban J connectivity index is 1.43. The van der Waals surface area contributed by atoms with E-state index in [2.05, 4.69) is 32.0 Å². The second kappa shape index (κ2) is 7.64. The van der Waals surface area contributed by atoms with Gasteiger partial charge in [-0.3, -0.25) is 9.69 Å². The Hall–Kier alpha value is -2.65. The van der Waals surface area contributed by atoms with Crippen LogP contribution in [0.15, 0.2) is 29.5 Å². The molecule has 2 unspecified atom stereocenters. The monoisotopic (exact) mass is 395 g/mol. The van der Waals surface area contributed by atoms with E-state index in [1.807, 2.05) is 6.07 Å². The number of H-pyrrole nitrogens is 1. The van der Waals surface area contributed by atoms with Gasteiger partial charge in [-0.25, -0.2) is 9.50 Å². The maximum Gasteiger partial charge on any atom is 0.276 e. The zero-order chi connectivity index (χ0) is 19.8. The summed E-state index contributed by atoms with van der Waals surface area (Å²) in [6.45, 7) is 6.29. The van der Waals surface area contributed by atoms with Crippen molar-refractivity contribution in [2.45, 2.75) is 38.1 Å². The maximum atomic E-state index is 12.7. The van der Waals surface area contributed by atoms with Gasteiger partial charge in [-0.05, 0) is 30.4 Å². The minimum atomic E-state index is -0.121. The third-order valence-electron chi connectivity index (χ3n) is 6.12. The van der Waals surface area contributed by atoms with Gasteiger partial charge in [0.25, 0.3) is 5.56 Å². The van der Waals surface area contributed by atoms with Crippen molar-refractivity contribution < 1.29 is 4.74 Å². The molecule has 0 radical (unpaired) electrons. The minimum Gasteiger partial charge on any atom is -0.381 e. The Morgan fingerprint density at radius 2 is 2.07 bits per heavy atom. The first-order valence-corrected chi connectivity index (χ1v) is 10.2. The molecule has 2 atom stereocenters. The van der Waals surface area contributed by atoms with Crippen molar-refractivity contribution >= 4 is 5.52 Å². The van der Waals surface area contributed by atoms with Gasteiger partial charge >= 0.3 is 0 Å². The van der Waals surface area contributed by atoms with Gasteiger partial charge in [-0.1, -0.05) is 6.92 Å². The molecule has 3 aromatic rings. The Morgan fingerprint density at radius 1 is 1.21 bits per heavy atom. The normalized spacial score (nSPS) is 23.8. The number of nitrogens with zero attached hydrogens (tertiary/aromatic N) is 6. The van der Waals surface area contributed by atoms with Crippen LogP contribution >= 0.6 is 0 Å². The van der Waals surface area contributed by atoms with Gasteiger partial charge in [0.15, 0.2) is 5.52 Å². The highest BCUT2D eigenvalue weighted by molar-refractivity contribution is 5.42. The number of imidazole rings is 1. The molecule has 3 aromatic heterocycles. The number of ether oxygens (including phenoxy) is 1. The van der Waals surface area contributed by atoms with Crippen molar-refractivity contribution in [3.63, 3.8) is 0 Å². The van der Waals surface area contributed by atoms with Crippen molar-refractivity contribution in [2.75, 3.05) is 26.3 Å². The van der Waals surface area contributed by atoms with Crippen molar-refractivity contribution in [2.24, 2.45) is 5.92 Å². The van der Waals surface area contributed by atoms with Crippen LogP contribution in [0.4, 0.5) is 0 Å². The largest absolute Gasteiger partial charge is 0.381 e. The standard InChI is InChI=1S/C20H25N7O2/c1-13-10-26(11-14-2-5-22-23-8-14)12-16(13)18-24-20(28)17-9-21-19(27(17)25-18)15-3-6-29-7-4-15/h2,5,8-9,13,15-16H,3-4,6-7,10-12H2,1H3,(H,24,25,28). The Kier molecular flexibility index (Phi) is 4.84. The lowest BCUT2D eigenvalue weighted by molar-refractivity contribution is 0.0832. The summed E-state index contributed by atoms with van der Waals surface area (Å²) in [4.78, 5) is 22.7. The smallest absolute Gasteiger partial charge is 0.276 e. The van der Waals surface area contributed by atoms with Crippen molar-refractivity contribution in [1.82, 2.24) is 34.7 Å². The lowest BCUT2D eigenvalue weighted by Crippen LogP contribution is -2.24. The van der Waals surface area contributed by atoms with Gasteiger partial charge in [0.2, 0.25) is 0 Å². The Labute approximate surface area is 168 Å². The van der Waals surface area contributed by atoms with Crippen LogP contribution in [0.25, 0.3) is 5.52 Å². The fraction of sp³-hybridized carbons (Fsp3) is 0.550. The third kappa shape index (κ3) is 3.56. The summed E-state index contributed by atoms with van der Waals surface area (Å²) in [5.41, 5.74) is 1.53. The predicted octanol–water partition coefficient (Wildman–Crippen LogP) is 1.34. The van der Waals surface area contributed by atoms with Crippen LogP contribution in [0.2, 0.25) is 0 Å². The highest BCUT2D eigenvalue weighted by Crippen LogP contribution is 2.31. The van der Waals surface area contributed by atoms with E-state index in [0.29, 0.717) is 11.4 Å². The topological polar surface area (TPSA) is 101 Å². The van der Waals surface area contributed by atoms with Crippen LogP contribution in [0.3, 0.4) is 0 Å². The zero-order valence-corrected chi connectivity index (χ0v) is 16.5. The minimum absolute atomic E-state index is 0.121. The van der Waals surface area contributed by atoms with Gasteiger partial charge in [0.05, 0.1) is 12.4 Å². The van der Waals surface area contributed by atoms with Crippen LogP contribution in [-0.4, -0.2) is 61.0 Å². The first-order valence-electron chi connectivity index (χ1n) is 10.2. The average molecular weight is 395 g/mol. The second-order valence-corrected chi connectivity index (χ2v) is 8.17. The highest BCUT2D eigenvalue weighted by atomic mass is 16.5. The average Bonchev–Trinajstić information content (AvgIpc) is 3.33. The molecule has 0 bridgehead atoms. The van der Waals surface area contributed by atoms with Crippen LogP contribution in [-0.2, 0) is 11.3 Å². The molecule has 152 valence electrons. The Morgan fingerprint density at radius 3 is 2.86 bits per heavy atom. The van der Waals surface area contributed by atoms with Crippen LogP contribution in [0.1, 0.15) is 48.8 Å². The van der Waals surface area contributed by atoms with E-state index in [1.54, 1.807) is 23.1 Å². The van der Waals surface area contributed by atoms with Gasteiger partial charge in [0.1, 0.15) is 11.6 Å². The van der Waals surface area contributed by atoms with Gasteiger partial charge < -0.3 is 9.72 Å². The summed E-state index contributed by atoms with van der Waals surface area (Å²) in [7, 11) is 0. The lowest BCUT2D eigenvalue weighted by Gasteiger charge is -2.21. The number of likely N-dealkylation sites (tertiary alicyclic amines) is 1. The van der Waals surface area contributed by atoms with Crippen molar-refractivity contribution in [1.29, 1.82) is 0 Å². The molecule has 2 fully saturated rings.